The molecule has 5 heteroatoms. The maximum Gasteiger partial charge on any atom is 0.182 e. The van der Waals surface area contributed by atoms with Crippen molar-refractivity contribution in [1.82, 2.24) is 24.9 Å². The van der Waals surface area contributed by atoms with Gasteiger partial charge < -0.3 is 5.32 Å². The molecule has 0 fully saturated rings. The zero-order valence-electron chi connectivity index (χ0n) is 11.1. The van der Waals surface area contributed by atoms with Gasteiger partial charge in [0.25, 0.3) is 0 Å². The van der Waals surface area contributed by atoms with Gasteiger partial charge in [-0.05, 0) is 19.4 Å². The first-order valence-corrected chi connectivity index (χ1v) is 6.71. The molecule has 0 aromatic carbocycles. The highest BCUT2D eigenvalue weighted by molar-refractivity contribution is 5.42. The number of nitrogens with zero attached hydrogens (tertiary/aromatic N) is 4. The first-order valence-electron chi connectivity index (χ1n) is 6.71. The number of fused-ring (bicyclic) bond motifs is 1. The largest absolute Gasteiger partial charge is 0.314 e. The summed E-state index contributed by atoms with van der Waals surface area (Å²) in [5.41, 5.74) is 1.90. The van der Waals surface area contributed by atoms with E-state index in [2.05, 4.69) is 34.3 Å². The van der Waals surface area contributed by atoms with Crippen LogP contribution in [0.2, 0.25) is 0 Å². The molecule has 0 radical (unpaired) electrons. The van der Waals surface area contributed by atoms with Crippen molar-refractivity contribution >= 4 is 5.65 Å². The molecule has 0 bridgehead atoms. The SMILES string of the molecule is CCCNC(CCC)Cc1nccn2cnnc12. The van der Waals surface area contributed by atoms with Gasteiger partial charge in [0.2, 0.25) is 0 Å². The topological polar surface area (TPSA) is 55.1 Å². The summed E-state index contributed by atoms with van der Waals surface area (Å²) in [5.74, 6) is 0. The minimum atomic E-state index is 0.477. The Hall–Kier alpha value is -1.49. The molecule has 0 spiro atoms. The lowest BCUT2D eigenvalue weighted by Crippen LogP contribution is -2.32. The van der Waals surface area contributed by atoms with Crippen molar-refractivity contribution in [1.29, 1.82) is 0 Å². The average Bonchev–Trinajstić information content (AvgIpc) is 2.85. The summed E-state index contributed by atoms with van der Waals surface area (Å²) in [5, 5.41) is 11.6. The second kappa shape index (κ2) is 6.44. The highest BCUT2D eigenvalue weighted by Gasteiger charge is 2.12. The van der Waals surface area contributed by atoms with E-state index in [-0.39, 0.29) is 0 Å². The third kappa shape index (κ3) is 3.04. The Labute approximate surface area is 108 Å². The first-order chi connectivity index (χ1) is 8.85. The molecule has 2 aromatic heterocycles. The van der Waals surface area contributed by atoms with Crippen LogP contribution in [0.25, 0.3) is 5.65 Å². The smallest absolute Gasteiger partial charge is 0.182 e. The predicted molar refractivity (Wildman–Crippen MR) is 71.5 cm³/mol. The third-order valence-corrected chi connectivity index (χ3v) is 3.05. The molecule has 0 saturated heterocycles. The molecule has 0 aliphatic heterocycles. The van der Waals surface area contributed by atoms with E-state index in [1.807, 2.05) is 16.8 Å². The molecule has 0 amide bonds. The van der Waals surface area contributed by atoms with E-state index in [1.165, 1.54) is 6.42 Å². The van der Waals surface area contributed by atoms with Crippen LogP contribution in [0.5, 0.6) is 0 Å². The van der Waals surface area contributed by atoms with E-state index < -0.39 is 0 Å². The normalized spacial score (nSPS) is 13.0. The Morgan fingerprint density at radius 2 is 2.22 bits per heavy atom. The second-order valence-corrected chi connectivity index (χ2v) is 4.58. The van der Waals surface area contributed by atoms with Gasteiger partial charge in [-0.1, -0.05) is 20.3 Å². The van der Waals surface area contributed by atoms with Crippen LogP contribution >= 0.6 is 0 Å². The van der Waals surface area contributed by atoms with Gasteiger partial charge >= 0.3 is 0 Å². The Morgan fingerprint density at radius 1 is 1.33 bits per heavy atom. The van der Waals surface area contributed by atoms with Gasteiger partial charge in [-0.3, -0.25) is 9.38 Å². The summed E-state index contributed by atoms with van der Waals surface area (Å²) >= 11 is 0. The lowest BCUT2D eigenvalue weighted by Gasteiger charge is -2.17. The number of hydrogen-bond donors (Lipinski definition) is 1. The van der Waals surface area contributed by atoms with E-state index >= 15 is 0 Å². The molecule has 2 heterocycles. The predicted octanol–water partition coefficient (Wildman–Crippen LogP) is 1.84. The van der Waals surface area contributed by atoms with Crippen molar-refractivity contribution in [2.24, 2.45) is 0 Å². The van der Waals surface area contributed by atoms with E-state index in [0.717, 1.165) is 37.1 Å². The Kier molecular flexibility index (Phi) is 4.64. The molecule has 0 aliphatic carbocycles. The van der Waals surface area contributed by atoms with Gasteiger partial charge in [-0.15, -0.1) is 10.2 Å². The van der Waals surface area contributed by atoms with Gasteiger partial charge in [-0.25, -0.2) is 0 Å². The lowest BCUT2D eigenvalue weighted by molar-refractivity contribution is 0.469. The molecule has 0 aliphatic rings. The van der Waals surface area contributed by atoms with Crippen LogP contribution in [0, 0.1) is 0 Å². The molecule has 1 unspecified atom stereocenters. The Bertz CT molecular complexity index is 479. The van der Waals surface area contributed by atoms with E-state index in [4.69, 9.17) is 0 Å². The summed E-state index contributed by atoms with van der Waals surface area (Å²) < 4.78 is 1.92. The third-order valence-electron chi connectivity index (χ3n) is 3.05. The Balaban J connectivity index is 2.12. The summed E-state index contributed by atoms with van der Waals surface area (Å²) in [7, 11) is 0. The molecule has 0 saturated carbocycles. The lowest BCUT2D eigenvalue weighted by atomic mass is 10.1. The van der Waals surface area contributed by atoms with Crippen molar-refractivity contribution in [3.8, 4) is 0 Å². The van der Waals surface area contributed by atoms with Crippen LogP contribution in [0.1, 0.15) is 38.8 Å². The van der Waals surface area contributed by atoms with Crippen LogP contribution in [0.4, 0.5) is 0 Å². The van der Waals surface area contributed by atoms with Crippen LogP contribution in [0.3, 0.4) is 0 Å². The number of rotatable bonds is 7. The fourth-order valence-electron chi connectivity index (χ4n) is 2.16. The minimum absolute atomic E-state index is 0.477. The van der Waals surface area contributed by atoms with E-state index in [9.17, 15) is 0 Å². The van der Waals surface area contributed by atoms with Crippen LogP contribution in [-0.4, -0.2) is 32.2 Å². The van der Waals surface area contributed by atoms with Gasteiger partial charge in [0.1, 0.15) is 6.33 Å². The standard InChI is InChI=1S/C13H21N5/c1-3-5-11(14-6-4-2)9-12-13-17-16-10-18(13)8-7-15-12/h7-8,10-11,14H,3-6,9H2,1-2H3. The highest BCUT2D eigenvalue weighted by Crippen LogP contribution is 2.10. The molecule has 1 atom stereocenters. The average molecular weight is 247 g/mol. The zero-order chi connectivity index (χ0) is 12.8. The van der Waals surface area contributed by atoms with Crippen molar-refractivity contribution in [3.63, 3.8) is 0 Å². The van der Waals surface area contributed by atoms with Crippen molar-refractivity contribution in [2.45, 2.75) is 45.6 Å². The van der Waals surface area contributed by atoms with Gasteiger partial charge in [0.15, 0.2) is 5.65 Å². The van der Waals surface area contributed by atoms with E-state index in [0.29, 0.717) is 6.04 Å². The molecule has 2 rings (SSSR count). The van der Waals surface area contributed by atoms with Crippen molar-refractivity contribution < 1.29 is 0 Å². The van der Waals surface area contributed by atoms with Crippen molar-refractivity contribution in [2.75, 3.05) is 6.54 Å². The maximum atomic E-state index is 4.45. The monoisotopic (exact) mass is 247 g/mol. The highest BCUT2D eigenvalue weighted by atomic mass is 15.2. The summed E-state index contributed by atoms with van der Waals surface area (Å²) in [6.45, 7) is 5.46. The molecule has 2 aromatic rings. The molecular weight excluding hydrogens is 226 g/mol. The second-order valence-electron chi connectivity index (χ2n) is 4.58. The minimum Gasteiger partial charge on any atom is -0.314 e. The van der Waals surface area contributed by atoms with Crippen LogP contribution in [0.15, 0.2) is 18.7 Å². The fourth-order valence-corrected chi connectivity index (χ4v) is 2.16. The van der Waals surface area contributed by atoms with Crippen molar-refractivity contribution in [3.05, 3.63) is 24.4 Å². The fraction of sp³-hybridized carbons (Fsp3) is 0.615. The molecule has 98 valence electrons. The summed E-state index contributed by atoms with van der Waals surface area (Å²) in [6.07, 6.45) is 9.82. The first kappa shape index (κ1) is 13.0. The summed E-state index contributed by atoms with van der Waals surface area (Å²) in [4.78, 5) is 4.45. The van der Waals surface area contributed by atoms with Gasteiger partial charge in [0.05, 0.1) is 5.69 Å². The number of nitrogens with one attached hydrogen (secondary N) is 1. The number of hydrogen-bond acceptors (Lipinski definition) is 4. The number of aromatic nitrogens is 4. The Morgan fingerprint density at radius 3 is 3.00 bits per heavy atom. The van der Waals surface area contributed by atoms with Gasteiger partial charge in [-0.2, -0.15) is 0 Å². The molecule has 5 nitrogen and oxygen atoms in total. The molecule has 1 N–H and O–H groups in total. The van der Waals surface area contributed by atoms with E-state index in [1.54, 1.807) is 6.33 Å². The maximum absolute atomic E-state index is 4.45. The molecular formula is C13H21N5. The van der Waals surface area contributed by atoms with Crippen LogP contribution in [-0.2, 0) is 6.42 Å². The quantitative estimate of drug-likeness (QED) is 0.811. The zero-order valence-corrected chi connectivity index (χ0v) is 11.1. The summed E-state index contributed by atoms with van der Waals surface area (Å²) in [6, 6.07) is 0.477. The van der Waals surface area contributed by atoms with Gasteiger partial charge in [0, 0.05) is 24.9 Å². The molecule has 18 heavy (non-hydrogen) atoms. The van der Waals surface area contributed by atoms with Crippen LogP contribution < -0.4 is 5.32 Å².